The van der Waals surface area contributed by atoms with E-state index >= 15 is 0 Å². The highest BCUT2D eigenvalue weighted by molar-refractivity contribution is 7.98. The third-order valence-corrected chi connectivity index (χ3v) is 7.30. The van der Waals surface area contributed by atoms with E-state index in [0.717, 1.165) is 25.9 Å². The predicted octanol–water partition coefficient (Wildman–Crippen LogP) is 5.51. The molecule has 27 heavy (non-hydrogen) atoms. The van der Waals surface area contributed by atoms with Crippen LogP contribution < -0.4 is 0 Å². The molecule has 0 saturated carbocycles. The molecule has 0 amide bonds. The van der Waals surface area contributed by atoms with E-state index in [1.165, 1.54) is 25.4 Å². The average molecular weight is 398 g/mol. The first-order valence-corrected chi connectivity index (χ1v) is 11.3. The SMILES string of the molecule is CSc1ccc(C(c2cc3ccccc3s2)N2CCC(C(=O)O)CC2)cc1. The van der Waals surface area contributed by atoms with Gasteiger partial charge in [-0.3, -0.25) is 9.69 Å². The Morgan fingerprint density at radius 3 is 2.48 bits per heavy atom. The topological polar surface area (TPSA) is 40.5 Å². The molecular formula is C22H23NO2S2. The molecule has 140 valence electrons. The van der Waals surface area contributed by atoms with E-state index < -0.39 is 5.97 Å². The summed E-state index contributed by atoms with van der Waals surface area (Å²) in [5.41, 5.74) is 1.29. The van der Waals surface area contributed by atoms with E-state index in [2.05, 4.69) is 65.8 Å². The van der Waals surface area contributed by atoms with E-state index in [-0.39, 0.29) is 12.0 Å². The van der Waals surface area contributed by atoms with Crippen molar-refractivity contribution in [2.24, 2.45) is 5.92 Å². The molecule has 2 heterocycles. The number of benzene rings is 2. The number of rotatable bonds is 5. The minimum Gasteiger partial charge on any atom is -0.481 e. The monoisotopic (exact) mass is 397 g/mol. The van der Waals surface area contributed by atoms with E-state index in [1.54, 1.807) is 11.8 Å². The Bertz CT molecular complexity index is 894. The van der Waals surface area contributed by atoms with E-state index in [0.29, 0.717) is 0 Å². The van der Waals surface area contributed by atoms with Gasteiger partial charge in [0.15, 0.2) is 0 Å². The standard InChI is InChI=1S/C22H23NO2S2/c1-26-18-8-6-15(7-9-18)21(23-12-10-16(11-13-23)22(24)25)20-14-17-4-2-3-5-19(17)27-20/h2-9,14,16,21H,10-13H2,1H3,(H,24,25). The largest absolute Gasteiger partial charge is 0.481 e. The predicted molar refractivity (Wildman–Crippen MR) is 114 cm³/mol. The van der Waals surface area contributed by atoms with Crippen molar-refractivity contribution in [2.45, 2.75) is 23.8 Å². The summed E-state index contributed by atoms with van der Waals surface area (Å²) < 4.78 is 1.30. The zero-order chi connectivity index (χ0) is 18.8. The highest BCUT2D eigenvalue weighted by Crippen LogP contribution is 2.39. The van der Waals surface area contributed by atoms with Crippen LogP contribution in [0.5, 0.6) is 0 Å². The summed E-state index contributed by atoms with van der Waals surface area (Å²) >= 11 is 3.60. The van der Waals surface area contributed by atoms with E-state index in [1.807, 2.05) is 11.3 Å². The van der Waals surface area contributed by atoms with Crippen molar-refractivity contribution in [3.05, 3.63) is 65.0 Å². The molecule has 0 aliphatic carbocycles. The number of thiophene rings is 1. The quantitative estimate of drug-likeness (QED) is 0.576. The van der Waals surface area contributed by atoms with Crippen LogP contribution in [0.3, 0.4) is 0 Å². The second-order valence-corrected chi connectivity index (χ2v) is 9.01. The van der Waals surface area contributed by atoms with E-state index in [4.69, 9.17) is 0 Å². The number of carbonyl (C=O) groups is 1. The molecule has 3 nitrogen and oxygen atoms in total. The molecule has 3 aromatic rings. The van der Waals surface area contributed by atoms with Crippen molar-refractivity contribution in [3.63, 3.8) is 0 Å². The fourth-order valence-electron chi connectivity index (χ4n) is 3.88. The Morgan fingerprint density at radius 1 is 1.15 bits per heavy atom. The fourth-order valence-corrected chi connectivity index (χ4v) is 5.52. The van der Waals surface area contributed by atoms with Gasteiger partial charge in [-0.25, -0.2) is 0 Å². The van der Waals surface area contributed by atoms with Crippen LogP contribution >= 0.6 is 23.1 Å². The smallest absolute Gasteiger partial charge is 0.306 e. The van der Waals surface area contributed by atoms with Crippen molar-refractivity contribution in [3.8, 4) is 0 Å². The summed E-state index contributed by atoms with van der Waals surface area (Å²) in [5, 5.41) is 10.6. The number of likely N-dealkylation sites (tertiary alicyclic amines) is 1. The molecule has 5 heteroatoms. The fraction of sp³-hybridized carbons (Fsp3) is 0.318. The van der Waals surface area contributed by atoms with Crippen LogP contribution in [0.1, 0.15) is 29.3 Å². The van der Waals surface area contributed by atoms with Gasteiger partial charge in [0.05, 0.1) is 12.0 Å². The molecule has 4 rings (SSSR count). The average Bonchev–Trinajstić information content (AvgIpc) is 3.12. The molecule has 1 aromatic heterocycles. The van der Waals surface area contributed by atoms with Gasteiger partial charge < -0.3 is 5.11 Å². The van der Waals surface area contributed by atoms with Gasteiger partial charge in [0, 0.05) is 14.5 Å². The Kier molecular flexibility index (Phi) is 5.53. The molecular weight excluding hydrogens is 374 g/mol. The molecule has 1 unspecified atom stereocenters. The third-order valence-electron chi connectivity index (χ3n) is 5.39. The molecule has 1 fully saturated rings. The maximum absolute atomic E-state index is 11.3. The number of aliphatic carboxylic acids is 1. The number of piperidine rings is 1. The lowest BCUT2D eigenvalue weighted by Gasteiger charge is -2.36. The number of carboxylic acids is 1. The van der Waals surface area contributed by atoms with Gasteiger partial charge in [0.2, 0.25) is 0 Å². The number of hydrogen-bond acceptors (Lipinski definition) is 4. The van der Waals surface area contributed by atoms with Crippen LogP contribution in [0.2, 0.25) is 0 Å². The van der Waals surface area contributed by atoms with Crippen LogP contribution in [0.15, 0.2) is 59.5 Å². The lowest BCUT2D eigenvalue weighted by Crippen LogP contribution is -2.39. The summed E-state index contributed by atoms with van der Waals surface area (Å²) in [6, 6.07) is 19.8. The van der Waals surface area contributed by atoms with Crippen molar-refractivity contribution in [1.29, 1.82) is 0 Å². The third kappa shape index (κ3) is 3.91. The van der Waals surface area contributed by atoms with Crippen LogP contribution in [-0.2, 0) is 4.79 Å². The van der Waals surface area contributed by atoms with Gasteiger partial charge in [-0.05, 0) is 67.4 Å². The summed E-state index contributed by atoms with van der Waals surface area (Å²) in [6.07, 6.45) is 3.54. The van der Waals surface area contributed by atoms with Gasteiger partial charge in [-0.2, -0.15) is 0 Å². The highest BCUT2D eigenvalue weighted by atomic mass is 32.2. The number of carboxylic acid groups (broad SMARTS) is 1. The second kappa shape index (κ2) is 8.05. The minimum absolute atomic E-state index is 0.188. The Labute approximate surface area is 168 Å². The molecule has 0 spiro atoms. The maximum atomic E-state index is 11.3. The lowest BCUT2D eigenvalue weighted by molar-refractivity contribution is -0.143. The molecule has 0 bridgehead atoms. The molecule has 1 aliphatic rings. The van der Waals surface area contributed by atoms with Crippen LogP contribution in [0, 0.1) is 5.92 Å². The molecule has 1 saturated heterocycles. The van der Waals surface area contributed by atoms with Crippen LogP contribution in [0.4, 0.5) is 0 Å². The summed E-state index contributed by atoms with van der Waals surface area (Å²) in [5.74, 6) is -0.861. The zero-order valence-corrected chi connectivity index (χ0v) is 16.9. The first kappa shape index (κ1) is 18.5. The Hall–Kier alpha value is -1.82. The summed E-state index contributed by atoms with van der Waals surface area (Å²) in [7, 11) is 0. The van der Waals surface area contributed by atoms with Gasteiger partial charge in [-0.1, -0.05) is 30.3 Å². The lowest BCUT2D eigenvalue weighted by atomic mass is 9.93. The highest BCUT2D eigenvalue weighted by Gasteiger charge is 2.31. The maximum Gasteiger partial charge on any atom is 0.306 e. The van der Waals surface area contributed by atoms with Crippen molar-refractivity contribution < 1.29 is 9.90 Å². The molecule has 1 aliphatic heterocycles. The van der Waals surface area contributed by atoms with Gasteiger partial charge >= 0.3 is 5.97 Å². The zero-order valence-electron chi connectivity index (χ0n) is 15.3. The molecule has 2 aromatic carbocycles. The van der Waals surface area contributed by atoms with Crippen LogP contribution in [-0.4, -0.2) is 35.3 Å². The first-order chi connectivity index (χ1) is 13.2. The number of hydrogen-bond donors (Lipinski definition) is 1. The minimum atomic E-state index is -0.655. The summed E-state index contributed by atoms with van der Waals surface area (Å²) in [6.45, 7) is 1.64. The summed E-state index contributed by atoms with van der Waals surface area (Å²) in [4.78, 5) is 16.4. The molecule has 1 atom stereocenters. The normalized spacial score (nSPS) is 17.2. The van der Waals surface area contributed by atoms with Gasteiger partial charge in [0.25, 0.3) is 0 Å². The van der Waals surface area contributed by atoms with Crippen LogP contribution in [0.25, 0.3) is 10.1 Å². The van der Waals surface area contributed by atoms with Gasteiger partial charge in [0.1, 0.15) is 0 Å². The number of fused-ring (bicyclic) bond motifs is 1. The number of thioether (sulfide) groups is 1. The second-order valence-electron chi connectivity index (χ2n) is 7.01. The van der Waals surface area contributed by atoms with Gasteiger partial charge in [-0.15, -0.1) is 23.1 Å². The van der Waals surface area contributed by atoms with Crippen molar-refractivity contribution in [2.75, 3.05) is 19.3 Å². The van der Waals surface area contributed by atoms with E-state index in [9.17, 15) is 9.90 Å². The van der Waals surface area contributed by atoms with Crippen molar-refractivity contribution in [1.82, 2.24) is 4.90 Å². The molecule has 1 N–H and O–H groups in total. The first-order valence-electron chi connectivity index (χ1n) is 9.25. The Balaban J connectivity index is 1.69. The molecule has 0 radical (unpaired) electrons. The number of nitrogens with zero attached hydrogens (tertiary/aromatic N) is 1. The van der Waals surface area contributed by atoms with Crippen molar-refractivity contribution >= 4 is 39.2 Å². The Morgan fingerprint density at radius 2 is 1.85 bits per heavy atom.